The lowest BCUT2D eigenvalue weighted by atomic mass is 10.1. The molecule has 6 heteroatoms. The van der Waals surface area contributed by atoms with Crippen LogP contribution in [0.4, 0.5) is 10.1 Å². The number of anilines is 1. The summed E-state index contributed by atoms with van der Waals surface area (Å²) in [4.78, 5) is 31.1. The molecule has 1 aromatic heterocycles. The van der Waals surface area contributed by atoms with Crippen molar-refractivity contribution in [2.75, 3.05) is 31.1 Å². The minimum atomic E-state index is -0.392. The Bertz CT molecular complexity index is 1050. The second kappa shape index (κ2) is 8.07. The molecule has 1 saturated heterocycles. The van der Waals surface area contributed by atoms with Crippen molar-refractivity contribution in [2.24, 2.45) is 0 Å². The number of nitrogens with one attached hydrogen (secondary N) is 1. The zero-order chi connectivity index (χ0) is 20.4. The maximum Gasteiger partial charge on any atom is 0.223 e. The Kier molecular flexibility index (Phi) is 5.34. The van der Waals surface area contributed by atoms with Gasteiger partial charge in [-0.2, -0.15) is 0 Å². The van der Waals surface area contributed by atoms with Crippen LogP contribution in [0.2, 0.25) is 0 Å². The van der Waals surface area contributed by atoms with Crippen molar-refractivity contribution in [3.63, 3.8) is 0 Å². The number of hydrogen-bond acceptors (Lipinski definition) is 3. The third-order valence-electron chi connectivity index (χ3n) is 5.61. The summed E-state index contributed by atoms with van der Waals surface area (Å²) in [6, 6.07) is 12.7. The number of carbonyl (C=O) groups excluding carboxylic acids is 2. The molecule has 3 aromatic rings. The summed E-state index contributed by atoms with van der Waals surface area (Å²) in [5.41, 5.74) is 3.10. The highest BCUT2D eigenvalue weighted by molar-refractivity contribution is 5.94. The Hall–Kier alpha value is -3.15. The van der Waals surface area contributed by atoms with Crippen molar-refractivity contribution in [2.45, 2.75) is 19.8 Å². The van der Waals surface area contributed by atoms with Crippen LogP contribution in [0.1, 0.15) is 29.3 Å². The number of ketones is 1. The number of hydrogen-bond donors (Lipinski definition) is 1. The maximum atomic E-state index is 14.4. The SMILES string of the molecule is CC(=O)c1ccc(N2CCN(C(=O)CCc3c[nH]c4ccccc34)CC2)c(F)c1. The standard InChI is InChI=1S/C23H24FN3O2/c1-16(28)17-6-8-22(20(24)14-17)26-10-12-27(13-11-26)23(29)9-7-18-15-25-21-5-3-2-4-19(18)21/h2-6,8,14-15,25H,7,9-13H2,1H3. The molecule has 0 bridgehead atoms. The van der Waals surface area contributed by atoms with E-state index < -0.39 is 5.82 Å². The lowest BCUT2D eigenvalue weighted by Gasteiger charge is -2.36. The van der Waals surface area contributed by atoms with E-state index in [-0.39, 0.29) is 11.7 Å². The summed E-state index contributed by atoms with van der Waals surface area (Å²) >= 11 is 0. The van der Waals surface area contributed by atoms with Crippen molar-refractivity contribution >= 4 is 28.3 Å². The Morgan fingerprint density at radius 3 is 2.55 bits per heavy atom. The number of amides is 1. The molecule has 2 aromatic carbocycles. The summed E-state index contributed by atoms with van der Waals surface area (Å²) < 4.78 is 14.4. The fourth-order valence-corrected chi connectivity index (χ4v) is 3.92. The lowest BCUT2D eigenvalue weighted by Crippen LogP contribution is -2.49. The molecule has 5 nitrogen and oxygen atoms in total. The molecule has 0 atom stereocenters. The van der Waals surface area contributed by atoms with Crippen LogP contribution in [-0.4, -0.2) is 47.8 Å². The lowest BCUT2D eigenvalue weighted by molar-refractivity contribution is -0.131. The van der Waals surface area contributed by atoms with E-state index in [2.05, 4.69) is 11.1 Å². The van der Waals surface area contributed by atoms with Gasteiger partial charge < -0.3 is 14.8 Å². The number of piperazine rings is 1. The minimum Gasteiger partial charge on any atom is -0.366 e. The molecule has 0 saturated carbocycles. The van der Waals surface area contributed by atoms with Crippen LogP contribution in [0, 0.1) is 5.82 Å². The summed E-state index contributed by atoms with van der Waals surface area (Å²) in [6.07, 6.45) is 3.14. The number of halogens is 1. The first kappa shape index (κ1) is 19.2. The van der Waals surface area contributed by atoms with Gasteiger partial charge in [-0.3, -0.25) is 9.59 Å². The van der Waals surface area contributed by atoms with E-state index in [4.69, 9.17) is 0 Å². The number of aromatic amines is 1. The normalized spacial score (nSPS) is 14.4. The van der Waals surface area contributed by atoms with Gasteiger partial charge in [0.05, 0.1) is 5.69 Å². The van der Waals surface area contributed by atoms with Gasteiger partial charge in [-0.25, -0.2) is 4.39 Å². The first-order valence-electron chi connectivity index (χ1n) is 9.91. The molecule has 1 aliphatic rings. The number of benzene rings is 2. The quantitative estimate of drug-likeness (QED) is 0.671. The largest absolute Gasteiger partial charge is 0.366 e. The van der Waals surface area contributed by atoms with Crippen LogP contribution in [-0.2, 0) is 11.2 Å². The average Bonchev–Trinajstić information content (AvgIpc) is 3.15. The zero-order valence-electron chi connectivity index (χ0n) is 16.5. The van der Waals surface area contributed by atoms with Gasteiger partial charge in [0, 0.05) is 55.3 Å². The molecule has 0 aliphatic carbocycles. The van der Waals surface area contributed by atoms with E-state index >= 15 is 0 Å². The molecule has 1 amide bonds. The second-order valence-corrected chi connectivity index (χ2v) is 7.45. The van der Waals surface area contributed by atoms with Crippen molar-refractivity contribution in [1.29, 1.82) is 0 Å². The fraction of sp³-hybridized carbons (Fsp3) is 0.304. The molecule has 0 radical (unpaired) electrons. The second-order valence-electron chi connectivity index (χ2n) is 7.45. The van der Waals surface area contributed by atoms with E-state index in [0.717, 1.165) is 16.5 Å². The van der Waals surface area contributed by atoms with Gasteiger partial charge in [-0.15, -0.1) is 0 Å². The van der Waals surface area contributed by atoms with Crippen molar-refractivity contribution in [3.05, 3.63) is 65.6 Å². The number of H-pyrrole nitrogens is 1. The molecule has 150 valence electrons. The fourth-order valence-electron chi connectivity index (χ4n) is 3.92. The van der Waals surface area contributed by atoms with Gasteiger partial charge in [-0.05, 0) is 43.2 Å². The number of fused-ring (bicyclic) bond motifs is 1. The van der Waals surface area contributed by atoms with E-state index in [1.165, 1.54) is 13.0 Å². The van der Waals surface area contributed by atoms with Crippen molar-refractivity contribution < 1.29 is 14.0 Å². The van der Waals surface area contributed by atoms with Crippen LogP contribution in [0.5, 0.6) is 0 Å². The predicted octanol–water partition coefficient (Wildman–Crippen LogP) is 3.79. The smallest absolute Gasteiger partial charge is 0.223 e. The first-order valence-corrected chi connectivity index (χ1v) is 9.91. The van der Waals surface area contributed by atoms with Gasteiger partial charge in [0.2, 0.25) is 5.91 Å². The highest BCUT2D eigenvalue weighted by Crippen LogP contribution is 2.23. The monoisotopic (exact) mass is 393 g/mol. The molecule has 29 heavy (non-hydrogen) atoms. The van der Waals surface area contributed by atoms with Gasteiger partial charge in [-0.1, -0.05) is 18.2 Å². The highest BCUT2D eigenvalue weighted by atomic mass is 19.1. The summed E-state index contributed by atoms with van der Waals surface area (Å²) in [7, 11) is 0. The van der Waals surface area contributed by atoms with Gasteiger partial charge in [0.25, 0.3) is 0 Å². The first-order chi connectivity index (χ1) is 14.0. The molecular weight excluding hydrogens is 369 g/mol. The summed E-state index contributed by atoms with van der Waals surface area (Å²) in [5.74, 6) is -0.416. The number of Topliss-reactive ketones (excluding diaryl/α,β-unsaturated/α-hetero) is 1. The van der Waals surface area contributed by atoms with E-state index in [9.17, 15) is 14.0 Å². The number of aromatic nitrogens is 1. The maximum absolute atomic E-state index is 14.4. The molecule has 1 N–H and O–H groups in total. The van der Waals surface area contributed by atoms with Crippen LogP contribution in [0.15, 0.2) is 48.7 Å². The van der Waals surface area contributed by atoms with E-state index in [0.29, 0.717) is 50.3 Å². The van der Waals surface area contributed by atoms with Crippen LogP contribution in [0.3, 0.4) is 0 Å². The summed E-state index contributed by atoms with van der Waals surface area (Å²) in [5, 5.41) is 1.16. The van der Waals surface area contributed by atoms with Crippen LogP contribution >= 0.6 is 0 Å². The summed E-state index contributed by atoms with van der Waals surface area (Å²) in [6.45, 7) is 3.72. The molecule has 1 aliphatic heterocycles. The Morgan fingerprint density at radius 2 is 1.83 bits per heavy atom. The molecule has 1 fully saturated rings. The highest BCUT2D eigenvalue weighted by Gasteiger charge is 2.23. The molecule has 4 rings (SSSR count). The minimum absolute atomic E-state index is 0.127. The molecule has 0 spiro atoms. The van der Waals surface area contributed by atoms with Crippen LogP contribution < -0.4 is 4.90 Å². The topological polar surface area (TPSA) is 56.4 Å². The number of rotatable bonds is 5. The van der Waals surface area contributed by atoms with Gasteiger partial charge in [0.15, 0.2) is 5.78 Å². The van der Waals surface area contributed by atoms with E-state index in [1.807, 2.05) is 34.2 Å². The number of nitrogens with zero attached hydrogens (tertiary/aromatic N) is 2. The van der Waals surface area contributed by atoms with Crippen molar-refractivity contribution in [1.82, 2.24) is 9.88 Å². The third-order valence-corrected chi connectivity index (χ3v) is 5.61. The zero-order valence-corrected chi connectivity index (χ0v) is 16.5. The number of para-hydroxylation sites is 1. The Morgan fingerprint density at radius 1 is 1.07 bits per heavy atom. The average molecular weight is 393 g/mol. The number of aryl methyl sites for hydroxylation is 1. The predicted molar refractivity (Wildman–Crippen MR) is 112 cm³/mol. The Labute approximate surface area is 169 Å². The molecular formula is C23H24FN3O2. The van der Waals surface area contributed by atoms with Gasteiger partial charge >= 0.3 is 0 Å². The van der Waals surface area contributed by atoms with Gasteiger partial charge in [0.1, 0.15) is 5.82 Å². The number of carbonyl (C=O) groups is 2. The third kappa shape index (κ3) is 4.01. The molecule has 2 heterocycles. The van der Waals surface area contributed by atoms with Crippen LogP contribution in [0.25, 0.3) is 10.9 Å². The van der Waals surface area contributed by atoms with E-state index in [1.54, 1.807) is 12.1 Å². The Balaban J connectivity index is 1.33. The molecule has 0 unspecified atom stereocenters. The van der Waals surface area contributed by atoms with Crippen molar-refractivity contribution in [3.8, 4) is 0 Å².